The Morgan fingerprint density at radius 2 is 1.17 bits per heavy atom. The number of nitrogens with one attached hydrogen (secondary N) is 1. The molecule has 0 rings (SSSR count). The van der Waals surface area contributed by atoms with Crippen LogP contribution < -0.4 is 3.53 Å². The molecule has 2 nitrogen and oxygen atoms in total. The van der Waals surface area contributed by atoms with Crippen molar-refractivity contribution in [3.63, 3.8) is 0 Å². The van der Waals surface area contributed by atoms with Gasteiger partial charge in [-0.05, 0) is 6.42 Å². The molecule has 0 unspecified atom stereocenters. The maximum absolute atomic E-state index is 11.0. The van der Waals surface area contributed by atoms with Crippen LogP contribution in [0, 0.1) is 0 Å². The van der Waals surface area contributed by atoms with Gasteiger partial charge in [0.1, 0.15) is 0 Å². The second-order valence-electron chi connectivity index (χ2n) is 5.16. The monoisotopic (exact) mass is 367 g/mol. The molecule has 0 aromatic heterocycles. The third kappa shape index (κ3) is 14.3. The Labute approximate surface area is 127 Å². The number of amides is 1. The van der Waals surface area contributed by atoms with Crippen LogP contribution in [0.25, 0.3) is 0 Å². The van der Waals surface area contributed by atoms with Crippen LogP contribution in [0.2, 0.25) is 0 Å². The minimum Gasteiger partial charge on any atom is -0.299 e. The van der Waals surface area contributed by atoms with Gasteiger partial charge >= 0.3 is 0 Å². The topological polar surface area (TPSA) is 29.1 Å². The molecule has 0 atom stereocenters. The van der Waals surface area contributed by atoms with Crippen molar-refractivity contribution < 1.29 is 4.79 Å². The zero-order chi connectivity index (χ0) is 13.5. The third-order valence-corrected chi connectivity index (χ3v) is 3.96. The van der Waals surface area contributed by atoms with Gasteiger partial charge in [0.2, 0.25) is 5.91 Å². The number of rotatable bonds is 13. The summed E-state index contributed by atoms with van der Waals surface area (Å²) >= 11 is 1.91. The lowest BCUT2D eigenvalue weighted by Crippen LogP contribution is -2.10. The van der Waals surface area contributed by atoms with Gasteiger partial charge in [0.25, 0.3) is 0 Å². The molecule has 1 amide bonds. The minimum absolute atomic E-state index is 0.169. The van der Waals surface area contributed by atoms with E-state index in [0.29, 0.717) is 6.42 Å². The number of carbonyl (C=O) groups is 1. The Morgan fingerprint density at radius 1 is 0.778 bits per heavy atom. The molecule has 0 aliphatic heterocycles. The fourth-order valence-corrected chi connectivity index (χ4v) is 2.44. The zero-order valence-electron chi connectivity index (χ0n) is 12.0. The van der Waals surface area contributed by atoms with Gasteiger partial charge in [-0.3, -0.25) is 8.32 Å². The highest BCUT2D eigenvalue weighted by Gasteiger charge is 1.98. The summed E-state index contributed by atoms with van der Waals surface area (Å²) in [6, 6.07) is 0. The first-order valence-electron chi connectivity index (χ1n) is 7.70. The average Bonchev–Trinajstić information content (AvgIpc) is 2.39. The predicted octanol–water partition coefficient (Wildman–Crippen LogP) is 5.54. The van der Waals surface area contributed by atoms with E-state index in [1.165, 1.54) is 70.6 Å². The van der Waals surface area contributed by atoms with Gasteiger partial charge in [0.15, 0.2) is 0 Å². The molecule has 18 heavy (non-hydrogen) atoms. The van der Waals surface area contributed by atoms with Gasteiger partial charge in [-0.2, -0.15) is 0 Å². The van der Waals surface area contributed by atoms with E-state index >= 15 is 0 Å². The Kier molecular flexibility index (Phi) is 15.4. The van der Waals surface area contributed by atoms with Crippen LogP contribution in [-0.4, -0.2) is 5.91 Å². The molecule has 0 heterocycles. The molecule has 0 bridgehead atoms. The lowest BCUT2D eigenvalue weighted by molar-refractivity contribution is -0.118. The van der Waals surface area contributed by atoms with Gasteiger partial charge in [0, 0.05) is 6.42 Å². The van der Waals surface area contributed by atoms with Crippen LogP contribution >= 0.6 is 22.9 Å². The van der Waals surface area contributed by atoms with E-state index in [9.17, 15) is 4.79 Å². The lowest BCUT2D eigenvalue weighted by Gasteiger charge is -2.02. The first-order chi connectivity index (χ1) is 8.81. The van der Waals surface area contributed by atoms with Crippen LogP contribution in [0.1, 0.15) is 90.4 Å². The molecule has 0 aromatic rings. The number of carbonyl (C=O) groups excluding carboxylic acids is 1. The van der Waals surface area contributed by atoms with Crippen molar-refractivity contribution in [2.75, 3.05) is 0 Å². The van der Waals surface area contributed by atoms with Crippen LogP contribution in [0.4, 0.5) is 0 Å². The molecule has 3 heteroatoms. The summed E-state index contributed by atoms with van der Waals surface area (Å²) in [7, 11) is 0. The molecule has 0 radical (unpaired) electrons. The van der Waals surface area contributed by atoms with Crippen molar-refractivity contribution in [1.82, 2.24) is 3.53 Å². The normalized spacial score (nSPS) is 10.6. The molecule has 0 saturated heterocycles. The number of hydrogen-bond acceptors (Lipinski definition) is 1. The molecule has 0 fully saturated rings. The lowest BCUT2D eigenvalue weighted by atomic mass is 10.0. The first-order valence-corrected chi connectivity index (χ1v) is 8.78. The summed E-state index contributed by atoms with van der Waals surface area (Å²) in [5, 5.41) is 0. The van der Waals surface area contributed by atoms with Gasteiger partial charge < -0.3 is 0 Å². The Bertz CT molecular complexity index is 185. The Balaban J connectivity index is 2.97. The van der Waals surface area contributed by atoms with Gasteiger partial charge in [-0.25, -0.2) is 0 Å². The molecule has 1 N–H and O–H groups in total. The van der Waals surface area contributed by atoms with E-state index < -0.39 is 0 Å². The smallest absolute Gasteiger partial charge is 0.228 e. The molecular formula is C15H30INO. The average molecular weight is 367 g/mol. The molecule has 0 aliphatic rings. The van der Waals surface area contributed by atoms with Gasteiger partial charge in [-0.15, -0.1) is 0 Å². The quantitative estimate of drug-likeness (QED) is 0.258. The second-order valence-corrected chi connectivity index (χ2v) is 5.70. The third-order valence-electron chi connectivity index (χ3n) is 3.36. The summed E-state index contributed by atoms with van der Waals surface area (Å²) in [6.07, 6.45) is 16.8. The van der Waals surface area contributed by atoms with Crippen LogP contribution in [0.15, 0.2) is 0 Å². The highest BCUT2D eigenvalue weighted by Crippen LogP contribution is 2.12. The van der Waals surface area contributed by atoms with E-state index in [-0.39, 0.29) is 5.91 Å². The number of unbranched alkanes of at least 4 members (excludes halogenated alkanes) is 11. The van der Waals surface area contributed by atoms with Gasteiger partial charge in [-0.1, -0.05) is 77.6 Å². The maximum Gasteiger partial charge on any atom is 0.228 e. The highest BCUT2D eigenvalue weighted by molar-refractivity contribution is 14.1. The number of halogens is 1. The molecule has 0 spiro atoms. The van der Waals surface area contributed by atoms with Crippen molar-refractivity contribution in [3.05, 3.63) is 0 Å². The van der Waals surface area contributed by atoms with Crippen LogP contribution in [0.5, 0.6) is 0 Å². The van der Waals surface area contributed by atoms with Crippen LogP contribution in [0.3, 0.4) is 0 Å². The summed E-state index contributed by atoms with van der Waals surface area (Å²) in [5.74, 6) is 0.169. The first kappa shape index (κ1) is 18.2. The highest BCUT2D eigenvalue weighted by atomic mass is 127. The Hall–Kier alpha value is 0.200. The fraction of sp³-hybridized carbons (Fsp3) is 0.933. The Morgan fingerprint density at radius 3 is 1.56 bits per heavy atom. The maximum atomic E-state index is 11.0. The summed E-state index contributed by atoms with van der Waals surface area (Å²) < 4.78 is 2.64. The molecular weight excluding hydrogens is 337 g/mol. The van der Waals surface area contributed by atoms with Gasteiger partial charge in [0.05, 0.1) is 22.9 Å². The van der Waals surface area contributed by atoms with Crippen LogP contribution in [-0.2, 0) is 4.79 Å². The molecule has 0 saturated carbocycles. The zero-order valence-corrected chi connectivity index (χ0v) is 14.1. The summed E-state index contributed by atoms with van der Waals surface area (Å²) in [5.41, 5.74) is 0. The van der Waals surface area contributed by atoms with Crippen molar-refractivity contribution in [1.29, 1.82) is 0 Å². The molecule has 0 aromatic carbocycles. The van der Waals surface area contributed by atoms with E-state index in [1.807, 2.05) is 22.9 Å². The predicted molar refractivity (Wildman–Crippen MR) is 87.9 cm³/mol. The molecule has 0 aliphatic carbocycles. The van der Waals surface area contributed by atoms with E-state index in [0.717, 1.165) is 6.42 Å². The van der Waals surface area contributed by atoms with Crippen molar-refractivity contribution in [2.24, 2.45) is 0 Å². The second kappa shape index (κ2) is 15.3. The number of hydrogen-bond donors (Lipinski definition) is 1. The summed E-state index contributed by atoms with van der Waals surface area (Å²) in [6.45, 7) is 2.27. The summed E-state index contributed by atoms with van der Waals surface area (Å²) in [4.78, 5) is 11.0. The minimum atomic E-state index is 0.169. The van der Waals surface area contributed by atoms with Crippen molar-refractivity contribution in [3.8, 4) is 0 Å². The molecule has 108 valence electrons. The van der Waals surface area contributed by atoms with Crippen molar-refractivity contribution in [2.45, 2.75) is 90.4 Å². The largest absolute Gasteiger partial charge is 0.299 e. The van der Waals surface area contributed by atoms with Crippen molar-refractivity contribution >= 4 is 28.8 Å². The van der Waals surface area contributed by atoms with E-state index in [1.54, 1.807) is 0 Å². The fourth-order valence-electron chi connectivity index (χ4n) is 2.17. The van der Waals surface area contributed by atoms with E-state index in [4.69, 9.17) is 0 Å². The standard InChI is InChI=1S/C15H30INO/c1-2-3-4-5-6-7-8-9-10-11-12-13-14-15(18)17-16/h2-14H2,1H3,(H,17,18). The van der Waals surface area contributed by atoms with E-state index in [2.05, 4.69) is 10.5 Å². The SMILES string of the molecule is CCCCCCCCCCCCCCC(=O)NI.